The number of aryl methyl sites for hydroxylation is 1. The topological polar surface area (TPSA) is 120 Å². The van der Waals surface area contributed by atoms with Crippen molar-refractivity contribution in [2.24, 2.45) is 18.9 Å². The molecule has 1 aliphatic heterocycles. The highest BCUT2D eigenvalue weighted by molar-refractivity contribution is 6.01. The number of pyridine rings is 2. The van der Waals surface area contributed by atoms with Crippen LogP contribution in [0.5, 0.6) is 5.88 Å². The molecule has 1 fully saturated rings. The zero-order valence-electron chi connectivity index (χ0n) is 20.9. The molecule has 9 nitrogen and oxygen atoms in total. The average Bonchev–Trinajstić information content (AvgIpc) is 3.49. The minimum Gasteiger partial charge on any atom is -0.474 e. The molecule has 1 saturated carbocycles. The Bertz CT molecular complexity index is 1550. The number of nitrogens with two attached hydrogens (primary N) is 1. The number of rotatable bonds is 5. The molecule has 0 saturated heterocycles. The Hall–Kier alpha value is -4.21. The SMILES string of the molecule is CCC1C(c2cnn(C)c2)[C@H]1C(=O)Nc1cc2cc(-c3cnc4c(c3C)NCCO4)c(F)c(N)c2cn1. The van der Waals surface area contributed by atoms with Crippen molar-refractivity contribution < 1.29 is 13.9 Å². The monoisotopic (exact) mass is 501 g/mol. The summed E-state index contributed by atoms with van der Waals surface area (Å²) in [6.07, 6.45) is 7.80. The lowest BCUT2D eigenvalue weighted by atomic mass is 9.97. The molecule has 6 rings (SSSR count). The standard InChI is InChI=1S/C27H28FN7O2/c1-4-16-21(15-9-33-35(3)12-15)22(16)26(36)34-20-8-14-7-17(23(28)24(29)19(14)11-31-20)18-10-32-27-25(13(18)2)30-5-6-37-27/h7-12,16,21-22,30H,4-6,29H2,1-3H3,(H,31,34,36)/t16?,21?,22-/m0/s1. The van der Waals surface area contributed by atoms with Crippen molar-refractivity contribution in [3.8, 4) is 17.0 Å². The van der Waals surface area contributed by atoms with E-state index < -0.39 is 5.82 Å². The van der Waals surface area contributed by atoms with Gasteiger partial charge in [-0.2, -0.15) is 5.10 Å². The first kappa shape index (κ1) is 23.2. The van der Waals surface area contributed by atoms with Crippen LogP contribution in [0.25, 0.3) is 21.9 Å². The molecule has 10 heteroatoms. The molecular formula is C27H28FN7O2. The lowest BCUT2D eigenvalue weighted by Gasteiger charge is -2.22. The molecule has 4 heterocycles. The predicted octanol–water partition coefficient (Wildman–Crippen LogP) is 4.24. The van der Waals surface area contributed by atoms with Crippen LogP contribution in [-0.4, -0.2) is 38.8 Å². The Balaban J connectivity index is 1.32. The van der Waals surface area contributed by atoms with Crippen LogP contribution in [0.3, 0.4) is 0 Å². The van der Waals surface area contributed by atoms with Gasteiger partial charge in [0.2, 0.25) is 11.8 Å². The molecule has 37 heavy (non-hydrogen) atoms. The van der Waals surface area contributed by atoms with Crippen LogP contribution >= 0.6 is 0 Å². The minimum atomic E-state index is -0.532. The van der Waals surface area contributed by atoms with Crippen LogP contribution in [0.15, 0.2) is 36.9 Å². The summed E-state index contributed by atoms with van der Waals surface area (Å²) in [4.78, 5) is 21.9. The Morgan fingerprint density at radius 3 is 2.86 bits per heavy atom. The Morgan fingerprint density at radius 2 is 2.11 bits per heavy atom. The van der Waals surface area contributed by atoms with E-state index in [-0.39, 0.29) is 29.3 Å². The number of hydrogen-bond acceptors (Lipinski definition) is 7. The molecule has 3 aromatic heterocycles. The molecule has 0 radical (unpaired) electrons. The fourth-order valence-electron chi connectivity index (χ4n) is 5.57. The third-order valence-electron chi connectivity index (χ3n) is 7.54. The van der Waals surface area contributed by atoms with Crippen molar-refractivity contribution in [1.82, 2.24) is 19.7 Å². The second-order valence-electron chi connectivity index (χ2n) is 9.75. The van der Waals surface area contributed by atoms with Gasteiger partial charge in [0.15, 0.2) is 5.82 Å². The van der Waals surface area contributed by atoms with E-state index in [2.05, 4.69) is 32.6 Å². The molecule has 3 atom stereocenters. The maximum atomic E-state index is 15.4. The van der Waals surface area contributed by atoms with Crippen LogP contribution in [0.4, 0.5) is 21.6 Å². The van der Waals surface area contributed by atoms with E-state index in [0.29, 0.717) is 46.7 Å². The molecule has 1 aliphatic carbocycles. The van der Waals surface area contributed by atoms with Crippen LogP contribution in [0, 0.1) is 24.6 Å². The van der Waals surface area contributed by atoms with Crippen LogP contribution < -0.4 is 21.1 Å². The lowest BCUT2D eigenvalue weighted by Crippen LogP contribution is -2.20. The first-order valence-corrected chi connectivity index (χ1v) is 12.4. The zero-order valence-corrected chi connectivity index (χ0v) is 20.9. The van der Waals surface area contributed by atoms with Gasteiger partial charge in [-0.15, -0.1) is 0 Å². The van der Waals surface area contributed by atoms with Crippen molar-refractivity contribution in [3.05, 3.63) is 53.9 Å². The van der Waals surface area contributed by atoms with Crippen LogP contribution in [-0.2, 0) is 11.8 Å². The number of ether oxygens (including phenoxy) is 1. The van der Waals surface area contributed by atoms with Gasteiger partial charge < -0.3 is 21.1 Å². The number of benzene rings is 1. The molecule has 4 N–H and O–H groups in total. The summed E-state index contributed by atoms with van der Waals surface area (Å²) in [7, 11) is 1.87. The predicted molar refractivity (Wildman–Crippen MR) is 140 cm³/mol. The molecule has 2 aliphatic rings. The summed E-state index contributed by atoms with van der Waals surface area (Å²) < 4.78 is 22.8. The van der Waals surface area contributed by atoms with E-state index in [1.807, 2.05) is 26.4 Å². The van der Waals surface area contributed by atoms with Crippen molar-refractivity contribution in [1.29, 1.82) is 0 Å². The van der Waals surface area contributed by atoms with E-state index in [1.165, 1.54) is 6.20 Å². The second-order valence-corrected chi connectivity index (χ2v) is 9.75. The van der Waals surface area contributed by atoms with E-state index in [1.54, 1.807) is 23.0 Å². The van der Waals surface area contributed by atoms with E-state index in [0.717, 1.165) is 23.2 Å². The van der Waals surface area contributed by atoms with Crippen LogP contribution in [0.1, 0.15) is 30.4 Å². The number of carbonyl (C=O) groups excluding carboxylic acids is 1. The van der Waals surface area contributed by atoms with Gasteiger partial charge in [0.25, 0.3) is 0 Å². The fraction of sp³-hybridized carbons (Fsp3) is 0.333. The van der Waals surface area contributed by atoms with Gasteiger partial charge in [0.1, 0.15) is 18.1 Å². The molecule has 1 aromatic carbocycles. The number of nitrogen functional groups attached to an aromatic ring is 1. The van der Waals surface area contributed by atoms with Gasteiger partial charge in [-0.3, -0.25) is 9.48 Å². The number of anilines is 3. The van der Waals surface area contributed by atoms with Crippen molar-refractivity contribution in [2.75, 3.05) is 29.5 Å². The summed E-state index contributed by atoms with van der Waals surface area (Å²) in [5, 5.41) is 11.6. The maximum Gasteiger partial charge on any atom is 0.237 e. The number of nitrogens with one attached hydrogen (secondary N) is 2. The Labute approximate surface area is 213 Å². The summed E-state index contributed by atoms with van der Waals surface area (Å²) in [5.41, 5.74) is 9.81. The summed E-state index contributed by atoms with van der Waals surface area (Å²) in [6, 6.07) is 3.46. The van der Waals surface area contributed by atoms with E-state index in [9.17, 15) is 4.79 Å². The third kappa shape index (κ3) is 3.83. The fourth-order valence-corrected chi connectivity index (χ4v) is 5.57. The number of hydrogen-bond donors (Lipinski definition) is 3. The first-order valence-electron chi connectivity index (χ1n) is 12.4. The summed E-state index contributed by atoms with van der Waals surface area (Å²) in [6.45, 7) is 5.17. The zero-order chi connectivity index (χ0) is 25.8. The number of nitrogens with zero attached hydrogens (tertiary/aromatic N) is 4. The Morgan fingerprint density at radius 1 is 1.27 bits per heavy atom. The van der Waals surface area contributed by atoms with Crippen LogP contribution in [0.2, 0.25) is 0 Å². The van der Waals surface area contributed by atoms with Crippen molar-refractivity contribution in [2.45, 2.75) is 26.2 Å². The van der Waals surface area contributed by atoms with Gasteiger partial charge in [0.05, 0.1) is 11.9 Å². The van der Waals surface area contributed by atoms with Crippen molar-refractivity contribution in [3.63, 3.8) is 0 Å². The molecule has 190 valence electrons. The lowest BCUT2D eigenvalue weighted by molar-refractivity contribution is -0.117. The third-order valence-corrected chi connectivity index (χ3v) is 7.54. The summed E-state index contributed by atoms with van der Waals surface area (Å²) in [5.74, 6) is 0.562. The number of carbonyl (C=O) groups is 1. The molecule has 4 aromatic rings. The first-order chi connectivity index (χ1) is 17.9. The smallest absolute Gasteiger partial charge is 0.237 e. The molecule has 1 amide bonds. The second kappa shape index (κ2) is 8.72. The Kier molecular flexibility index (Phi) is 5.47. The quantitative estimate of drug-likeness (QED) is 0.350. The summed E-state index contributed by atoms with van der Waals surface area (Å²) >= 11 is 0. The highest BCUT2D eigenvalue weighted by atomic mass is 19.1. The largest absolute Gasteiger partial charge is 0.474 e. The van der Waals surface area contributed by atoms with E-state index >= 15 is 4.39 Å². The number of halogens is 1. The number of aromatic nitrogens is 4. The van der Waals surface area contributed by atoms with Gasteiger partial charge >= 0.3 is 0 Å². The number of fused-ring (bicyclic) bond motifs is 2. The maximum absolute atomic E-state index is 15.4. The van der Waals surface area contributed by atoms with Gasteiger partial charge in [-0.05, 0) is 41.5 Å². The molecule has 0 spiro atoms. The van der Waals surface area contributed by atoms with E-state index in [4.69, 9.17) is 10.5 Å². The highest BCUT2D eigenvalue weighted by Crippen LogP contribution is 2.56. The molecule has 0 bridgehead atoms. The minimum absolute atomic E-state index is 0.00379. The molecule has 2 unspecified atom stereocenters. The normalized spacial score (nSPS) is 20.2. The van der Waals surface area contributed by atoms with Gasteiger partial charge in [-0.25, -0.2) is 14.4 Å². The van der Waals surface area contributed by atoms with Crippen molar-refractivity contribution >= 4 is 33.9 Å². The average molecular weight is 502 g/mol. The number of amides is 1. The van der Waals surface area contributed by atoms with Gasteiger partial charge in [0, 0.05) is 60.5 Å². The van der Waals surface area contributed by atoms with Gasteiger partial charge in [-0.1, -0.05) is 13.3 Å². The molecular weight excluding hydrogens is 473 g/mol. The highest BCUT2D eigenvalue weighted by Gasteiger charge is 2.54.